The Morgan fingerprint density at radius 3 is 2.90 bits per heavy atom. The number of carbonyl (C=O) groups is 1. The maximum Gasteiger partial charge on any atom is 0.227 e. The molecular weight excluding hydrogens is 254 g/mol. The fourth-order valence-corrected chi connectivity index (χ4v) is 2.61. The van der Waals surface area contributed by atoms with E-state index < -0.39 is 0 Å². The number of benzene rings is 1. The summed E-state index contributed by atoms with van der Waals surface area (Å²) in [6.45, 7) is 3.39. The molecule has 1 aromatic carbocycles. The number of ether oxygens (including phenoxy) is 1. The van der Waals surface area contributed by atoms with Crippen molar-refractivity contribution < 1.29 is 9.53 Å². The SMILES string of the molecule is Cc1c2ccc(NC(=O)C3CCOCC3)cc2nn1C. The van der Waals surface area contributed by atoms with E-state index in [1.54, 1.807) is 0 Å². The molecule has 0 unspecified atom stereocenters. The number of nitrogens with zero attached hydrogens (tertiary/aromatic N) is 2. The number of fused-ring (bicyclic) bond motifs is 1. The molecular formula is C15H19N3O2. The molecule has 0 aliphatic carbocycles. The molecule has 106 valence electrons. The van der Waals surface area contributed by atoms with Gasteiger partial charge in [-0.3, -0.25) is 9.48 Å². The van der Waals surface area contributed by atoms with Gasteiger partial charge in [0, 0.05) is 42.9 Å². The van der Waals surface area contributed by atoms with Gasteiger partial charge >= 0.3 is 0 Å². The maximum atomic E-state index is 12.2. The van der Waals surface area contributed by atoms with E-state index in [9.17, 15) is 4.79 Å². The van der Waals surface area contributed by atoms with E-state index >= 15 is 0 Å². The Bertz CT molecular complexity index is 642. The van der Waals surface area contributed by atoms with Gasteiger partial charge < -0.3 is 10.1 Å². The first kappa shape index (κ1) is 13.1. The van der Waals surface area contributed by atoms with E-state index in [2.05, 4.69) is 10.4 Å². The van der Waals surface area contributed by atoms with Crippen LogP contribution in [0.5, 0.6) is 0 Å². The summed E-state index contributed by atoms with van der Waals surface area (Å²) in [5, 5.41) is 8.55. The van der Waals surface area contributed by atoms with Crippen LogP contribution in [0.3, 0.4) is 0 Å². The van der Waals surface area contributed by atoms with Crippen molar-refractivity contribution in [2.24, 2.45) is 13.0 Å². The lowest BCUT2D eigenvalue weighted by molar-refractivity contribution is -0.122. The second kappa shape index (κ2) is 5.25. The Kier molecular flexibility index (Phi) is 3.44. The van der Waals surface area contributed by atoms with Gasteiger partial charge in [-0.2, -0.15) is 5.10 Å². The minimum Gasteiger partial charge on any atom is -0.381 e. The van der Waals surface area contributed by atoms with Crippen LogP contribution in [0.25, 0.3) is 10.9 Å². The Balaban J connectivity index is 1.78. The van der Waals surface area contributed by atoms with Gasteiger partial charge in [0.15, 0.2) is 0 Å². The Morgan fingerprint density at radius 2 is 2.15 bits per heavy atom. The minimum atomic E-state index is 0.0601. The second-order valence-corrected chi connectivity index (χ2v) is 5.32. The molecule has 0 bridgehead atoms. The van der Waals surface area contributed by atoms with E-state index in [4.69, 9.17) is 4.74 Å². The Labute approximate surface area is 117 Å². The molecule has 1 fully saturated rings. The molecule has 0 saturated carbocycles. The first-order chi connectivity index (χ1) is 9.65. The van der Waals surface area contributed by atoms with E-state index in [0.717, 1.165) is 35.1 Å². The molecule has 1 amide bonds. The van der Waals surface area contributed by atoms with E-state index in [1.807, 2.05) is 36.9 Å². The lowest BCUT2D eigenvalue weighted by Gasteiger charge is -2.21. The zero-order valence-electron chi connectivity index (χ0n) is 11.8. The van der Waals surface area contributed by atoms with Crippen LogP contribution in [0.4, 0.5) is 5.69 Å². The molecule has 0 atom stereocenters. The summed E-state index contributed by atoms with van der Waals surface area (Å²) in [5.41, 5.74) is 2.85. The summed E-state index contributed by atoms with van der Waals surface area (Å²) >= 11 is 0. The van der Waals surface area contributed by atoms with Gasteiger partial charge in [0.2, 0.25) is 5.91 Å². The van der Waals surface area contributed by atoms with Crippen LogP contribution in [-0.2, 0) is 16.6 Å². The average molecular weight is 273 g/mol. The predicted octanol–water partition coefficient (Wildman–Crippen LogP) is 2.25. The normalized spacial score (nSPS) is 16.5. The number of aryl methyl sites for hydroxylation is 2. The molecule has 1 aliphatic rings. The monoisotopic (exact) mass is 273 g/mol. The molecule has 1 N–H and O–H groups in total. The molecule has 0 spiro atoms. The largest absolute Gasteiger partial charge is 0.381 e. The van der Waals surface area contributed by atoms with Crippen molar-refractivity contribution >= 4 is 22.5 Å². The van der Waals surface area contributed by atoms with Crippen LogP contribution in [0.2, 0.25) is 0 Å². The van der Waals surface area contributed by atoms with E-state index in [1.165, 1.54) is 0 Å². The Morgan fingerprint density at radius 1 is 1.40 bits per heavy atom. The van der Waals surface area contributed by atoms with Crippen molar-refractivity contribution in [1.82, 2.24) is 9.78 Å². The van der Waals surface area contributed by atoms with E-state index in [0.29, 0.717) is 13.2 Å². The smallest absolute Gasteiger partial charge is 0.227 e. The van der Waals surface area contributed by atoms with E-state index in [-0.39, 0.29) is 11.8 Å². The molecule has 1 saturated heterocycles. The highest BCUT2D eigenvalue weighted by Gasteiger charge is 2.21. The zero-order chi connectivity index (χ0) is 14.1. The summed E-state index contributed by atoms with van der Waals surface area (Å²) in [4.78, 5) is 12.2. The number of hydrogen-bond donors (Lipinski definition) is 1. The Hall–Kier alpha value is -1.88. The number of amides is 1. The molecule has 1 aliphatic heterocycles. The number of anilines is 1. The van der Waals surface area contributed by atoms with Crippen LogP contribution in [0.15, 0.2) is 18.2 Å². The number of carbonyl (C=O) groups excluding carboxylic acids is 1. The fraction of sp³-hybridized carbons (Fsp3) is 0.467. The predicted molar refractivity (Wildman–Crippen MR) is 77.6 cm³/mol. The van der Waals surface area contributed by atoms with Crippen molar-refractivity contribution in [1.29, 1.82) is 0 Å². The summed E-state index contributed by atoms with van der Waals surface area (Å²) in [7, 11) is 1.93. The van der Waals surface area contributed by atoms with Crippen LogP contribution >= 0.6 is 0 Å². The molecule has 1 aromatic heterocycles. The minimum absolute atomic E-state index is 0.0601. The van der Waals surface area contributed by atoms with Crippen molar-refractivity contribution in [2.75, 3.05) is 18.5 Å². The topological polar surface area (TPSA) is 56.1 Å². The number of rotatable bonds is 2. The summed E-state index contributed by atoms with van der Waals surface area (Å²) < 4.78 is 7.14. The van der Waals surface area contributed by atoms with Gasteiger partial charge in [-0.05, 0) is 38.0 Å². The maximum absolute atomic E-state index is 12.2. The van der Waals surface area contributed by atoms with Gasteiger partial charge in [0.25, 0.3) is 0 Å². The molecule has 5 nitrogen and oxygen atoms in total. The molecule has 2 aromatic rings. The highest BCUT2D eigenvalue weighted by atomic mass is 16.5. The number of hydrogen-bond acceptors (Lipinski definition) is 3. The average Bonchev–Trinajstić information content (AvgIpc) is 2.74. The van der Waals surface area contributed by atoms with Crippen molar-refractivity contribution in [2.45, 2.75) is 19.8 Å². The van der Waals surface area contributed by atoms with Gasteiger partial charge in [0.05, 0.1) is 5.52 Å². The van der Waals surface area contributed by atoms with Crippen molar-refractivity contribution in [3.05, 3.63) is 23.9 Å². The third-order valence-corrected chi connectivity index (χ3v) is 3.99. The lowest BCUT2D eigenvalue weighted by Crippen LogP contribution is -2.28. The zero-order valence-corrected chi connectivity index (χ0v) is 11.8. The highest BCUT2D eigenvalue weighted by Crippen LogP contribution is 2.22. The second-order valence-electron chi connectivity index (χ2n) is 5.32. The first-order valence-electron chi connectivity index (χ1n) is 6.97. The van der Waals surface area contributed by atoms with Gasteiger partial charge in [-0.25, -0.2) is 0 Å². The molecule has 5 heteroatoms. The molecule has 0 radical (unpaired) electrons. The standard InChI is InChI=1S/C15H19N3O2/c1-10-13-4-3-12(9-14(13)17-18(10)2)16-15(19)11-5-7-20-8-6-11/h3-4,9,11H,5-8H2,1-2H3,(H,16,19). The quantitative estimate of drug-likeness (QED) is 0.913. The van der Waals surface area contributed by atoms with Crippen LogP contribution in [0.1, 0.15) is 18.5 Å². The first-order valence-corrected chi connectivity index (χ1v) is 6.97. The molecule has 20 heavy (non-hydrogen) atoms. The lowest BCUT2D eigenvalue weighted by atomic mass is 9.99. The summed E-state index contributed by atoms with van der Waals surface area (Å²) in [6, 6.07) is 5.88. The van der Waals surface area contributed by atoms with Gasteiger partial charge in [-0.15, -0.1) is 0 Å². The van der Waals surface area contributed by atoms with Gasteiger partial charge in [-0.1, -0.05) is 0 Å². The fourth-order valence-electron chi connectivity index (χ4n) is 2.61. The third kappa shape index (κ3) is 2.41. The number of aromatic nitrogens is 2. The third-order valence-electron chi connectivity index (χ3n) is 3.99. The van der Waals surface area contributed by atoms with Crippen LogP contribution < -0.4 is 5.32 Å². The van der Waals surface area contributed by atoms with Crippen molar-refractivity contribution in [3.8, 4) is 0 Å². The summed E-state index contributed by atoms with van der Waals surface area (Å²) in [5.74, 6) is 0.144. The molecule has 3 rings (SSSR count). The van der Waals surface area contributed by atoms with Gasteiger partial charge in [0.1, 0.15) is 0 Å². The summed E-state index contributed by atoms with van der Waals surface area (Å²) in [6.07, 6.45) is 1.60. The van der Waals surface area contributed by atoms with Crippen molar-refractivity contribution in [3.63, 3.8) is 0 Å². The van der Waals surface area contributed by atoms with Crippen LogP contribution in [-0.4, -0.2) is 28.9 Å². The highest BCUT2D eigenvalue weighted by molar-refractivity contribution is 5.95. The van der Waals surface area contributed by atoms with Crippen LogP contribution in [0, 0.1) is 12.8 Å². The molecule has 2 heterocycles. The number of nitrogens with one attached hydrogen (secondary N) is 1.